The zero-order valence-electron chi connectivity index (χ0n) is 11.6. The first-order valence-electron chi connectivity index (χ1n) is 6.31. The third-order valence-corrected chi connectivity index (χ3v) is 3.10. The second kappa shape index (κ2) is 6.26. The van der Waals surface area contributed by atoms with E-state index < -0.39 is 24.9 Å². The molecule has 0 spiro atoms. The topological polar surface area (TPSA) is 55.1 Å². The van der Waals surface area contributed by atoms with Crippen LogP contribution in [-0.4, -0.2) is 18.6 Å². The number of nitrogens with two attached hydrogens (primary N) is 1. The molecule has 3 nitrogen and oxygen atoms in total. The molecule has 0 aliphatic rings. The van der Waals surface area contributed by atoms with Crippen molar-refractivity contribution in [3.05, 3.63) is 29.8 Å². The number of benzene rings is 1. The van der Waals surface area contributed by atoms with E-state index in [0.29, 0.717) is 12.2 Å². The van der Waals surface area contributed by atoms with E-state index in [2.05, 4.69) is 5.32 Å². The molecule has 3 N–H and O–H groups in total. The molecule has 1 aromatic rings. The second-order valence-electron chi connectivity index (χ2n) is 5.33. The van der Waals surface area contributed by atoms with E-state index in [1.54, 1.807) is 12.1 Å². The summed E-state index contributed by atoms with van der Waals surface area (Å²) in [6.07, 6.45) is -6.00. The number of carbonyl (C=O) groups excluding carboxylic acids is 1. The van der Waals surface area contributed by atoms with E-state index in [0.717, 1.165) is 5.56 Å². The van der Waals surface area contributed by atoms with Crippen LogP contribution in [0.3, 0.4) is 0 Å². The Kier molecular flexibility index (Phi) is 5.16. The van der Waals surface area contributed by atoms with E-state index in [1.165, 1.54) is 0 Å². The molecular formula is C14H19F3N2O. The number of rotatable bonds is 5. The average molecular weight is 288 g/mol. The molecule has 0 unspecified atom stereocenters. The predicted molar refractivity (Wildman–Crippen MR) is 72.4 cm³/mol. The van der Waals surface area contributed by atoms with Crippen LogP contribution in [0.1, 0.15) is 32.3 Å². The fourth-order valence-corrected chi connectivity index (χ4v) is 1.60. The van der Waals surface area contributed by atoms with Crippen LogP contribution < -0.4 is 11.1 Å². The quantitative estimate of drug-likeness (QED) is 0.874. The lowest BCUT2D eigenvalue weighted by Crippen LogP contribution is -2.28. The summed E-state index contributed by atoms with van der Waals surface area (Å²) in [5, 5.41) is 2.44. The van der Waals surface area contributed by atoms with Gasteiger partial charge >= 0.3 is 6.18 Å². The average Bonchev–Trinajstić information content (AvgIpc) is 2.36. The van der Waals surface area contributed by atoms with Crippen LogP contribution >= 0.6 is 0 Å². The molecule has 0 aliphatic heterocycles. The fraction of sp³-hybridized carbons (Fsp3) is 0.500. The van der Waals surface area contributed by atoms with Gasteiger partial charge in [-0.3, -0.25) is 4.79 Å². The molecule has 0 bridgehead atoms. The molecule has 0 saturated heterocycles. The lowest BCUT2D eigenvalue weighted by molar-refractivity contribution is -0.142. The third kappa shape index (κ3) is 5.21. The van der Waals surface area contributed by atoms with E-state index in [9.17, 15) is 18.0 Å². The molecule has 0 saturated carbocycles. The number of carbonyl (C=O) groups is 1. The highest BCUT2D eigenvalue weighted by Gasteiger charge is 2.27. The number of alkyl halides is 3. The minimum atomic E-state index is -4.31. The van der Waals surface area contributed by atoms with Gasteiger partial charge in [0.1, 0.15) is 0 Å². The van der Waals surface area contributed by atoms with Crippen molar-refractivity contribution < 1.29 is 18.0 Å². The maximum atomic E-state index is 12.0. The standard InChI is InChI=1S/C14H19F3N2O/c1-13(2,9-18)10-3-5-11(6-4-10)19-12(20)7-8-14(15,16)17/h3-6H,7-9,18H2,1-2H3,(H,19,20). The van der Waals surface area contributed by atoms with E-state index in [-0.39, 0.29) is 5.41 Å². The Morgan fingerprint density at radius 3 is 2.20 bits per heavy atom. The maximum Gasteiger partial charge on any atom is 0.389 e. The third-order valence-electron chi connectivity index (χ3n) is 3.10. The summed E-state index contributed by atoms with van der Waals surface area (Å²) in [5.41, 5.74) is 6.97. The first kappa shape index (κ1) is 16.5. The highest BCUT2D eigenvalue weighted by molar-refractivity contribution is 5.90. The minimum Gasteiger partial charge on any atom is -0.330 e. The zero-order chi connectivity index (χ0) is 15.4. The predicted octanol–water partition coefficient (Wildman–Crippen LogP) is 3.20. The Morgan fingerprint density at radius 1 is 1.20 bits per heavy atom. The first-order valence-corrected chi connectivity index (χ1v) is 6.31. The van der Waals surface area contributed by atoms with Crippen molar-refractivity contribution in [1.82, 2.24) is 0 Å². The van der Waals surface area contributed by atoms with Crippen LogP contribution in [0.25, 0.3) is 0 Å². The Balaban J connectivity index is 2.60. The smallest absolute Gasteiger partial charge is 0.330 e. The van der Waals surface area contributed by atoms with Gasteiger partial charge in [0.25, 0.3) is 0 Å². The number of hydrogen-bond donors (Lipinski definition) is 2. The molecule has 6 heteroatoms. The highest BCUT2D eigenvalue weighted by atomic mass is 19.4. The number of amides is 1. The van der Waals surface area contributed by atoms with Crippen LogP contribution in [0, 0.1) is 0 Å². The van der Waals surface area contributed by atoms with Crippen molar-refractivity contribution in [1.29, 1.82) is 0 Å². The molecular weight excluding hydrogens is 269 g/mol. The van der Waals surface area contributed by atoms with E-state index in [1.807, 2.05) is 26.0 Å². The highest BCUT2D eigenvalue weighted by Crippen LogP contribution is 2.24. The summed E-state index contributed by atoms with van der Waals surface area (Å²) < 4.78 is 36.0. The Hall–Kier alpha value is -1.56. The van der Waals surface area contributed by atoms with Gasteiger partial charge in [0.05, 0.1) is 6.42 Å². The summed E-state index contributed by atoms with van der Waals surface area (Å²) in [5.74, 6) is -0.645. The molecule has 20 heavy (non-hydrogen) atoms. The lowest BCUT2D eigenvalue weighted by atomic mass is 9.85. The summed E-state index contributed by atoms with van der Waals surface area (Å²) >= 11 is 0. The molecule has 0 aliphatic carbocycles. The van der Waals surface area contributed by atoms with Gasteiger partial charge in [-0.05, 0) is 17.7 Å². The van der Waals surface area contributed by atoms with Crippen molar-refractivity contribution >= 4 is 11.6 Å². The number of anilines is 1. The van der Waals surface area contributed by atoms with Gasteiger partial charge in [-0.15, -0.1) is 0 Å². The zero-order valence-corrected chi connectivity index (χ0v) is 11.6. The number of hydrogen-bond acceptors (Lipinski definition) is 2. The van der Waals surface area contributed by atoms with Crippen molar-refractivity contribution in [3.8, 4) is 0 Å². The number of nitrogens with one attached hydrogen (secondary N) is 1. The summed E-state index contributed by atoms with van der Waals surface area (Å²) in [7, 11) is 0. The van der Waals surface area contributed by atoms with Gasteiger partial charge in [-0.25, -0.2) is 0 Å². The molecule has 0 heterocycles. The lowest BCUT2D eigenvalue weighted by Gasteiger charge is -2.23. The largest absolute Gasteiger partial charge is 0.389 e. The second-order valence-corrected chi connectivity index (χ2v) is 5.33. The van der Waals surface area contributed by atoms with Gasteiger partial charge in [-0.2, -0.15) is 13.2 Å². The number of halogens is 3. The molecule has 0 atom stereocenters. The Bertz CT molecular complexity index is 452. The monoisotopic (exact) mass is 288 g/mol. The fourth-order valence-electron chi connectivity index (χ4n) is 1.60. The van der Waals surface area contributed by atoms with Crippen LogP contribution in [-0.2, 0) is 10.2 Å². The minimum absolute atomic E-state index is 0.182. The molecule has 1 amide bonds. The van der Waals surface area contributed by atoms with Gasteiger partial charge < -0.3 is 11.1 Å². The van der Waals surface area contributed by atoms with E-state index >= 15 is 0 Å². The van der Waals surface area contributed by atoms with Crippen molar-refractivity contribution in [3.63, 3.8) is 0 Å². The van der Waals surface area contributed by atoms with Crippen molar-refractivity contribution in [2.45, 2.75) is 38.3 Å². The summed E-state index contributed by atoms with van der Waals surface area (Å²) in [6, 6.07) is 6.95. The van der Waals surface area contributed by atoms with Gasteiger partial charge in [0.2, 0.25) is 5.91 Å². The van der Waals surface area contributed by atoms with Gasteiger partial charge in [0.15, 0.2) is 0 Å². The van der Waals surface area contributed by atoms with Gasteiger partial charge in [0, 0.05) is 24.1 Å². The molecule has 0 radical (unpaired) electrons. The van der Waals surface area contributed by atoms with Crippen LogP contribution in [0.5, 0.6) is 0 Å². The maximum absolute atomic E-state index is 12.0. The van der Waals surface area contributed by atoms with Gasteiger partial charge in [-0.1, -0.05) is 26.0 Å². The van der Waals surface area contributed by atoms with E-state index in [4.69, 9.17) is 5.73 Å². The molecule has 1 rings (SSSR count). The van der Waals surface area contributed by atoms with Crippen molar-refractivity contribution in [2.24, 2.45) is 5.73 Å². The van der Waals surface area contributed by atoms with Crippen molar-refractivity contribution in [2.75, 3.05) is 11.9 Å². The summed E-state index contributed by atoms with van der Waals surface area (Å²) in [4.78, 5) is 11.4. The molecule has 0 fully saturated rings. The molecule has 1 aromatic carbocycles. The van der Waals surface area contributed by atoms with Crippen LogP contribution in [0.15, 0.2) is 24.3 Å². The first-order chi connectivity index (χ1) is 9.14. The van der Waals surface area contributed by atoms with Crippen LogP contribution in [0.2, 0.25) is 0 Å². The normalized spacial score (nSPS) is 12.3. The molecule has 0 aromatic heterocycles. The Morgan fingerprint density at radius 2 is 1.75 bits per heavy atom. The van der Waals surface area contributed by atoms with Crippen LogP contribution in [0.4, 0.5) is 18.9 Å². The molecule has 112 valence electrons. The summed E-state index contributed by atoms with van der Waals surface area (Å²) in [6.45, 7) is 4.46. The SMILES string of the molecule is CC(C)(CN)c1ccc(NC(=O)CCC(F)(F)F)cc1. The Labute approximate surface area is 116 Å².